The molecule has 0 fully saturated rings. The molecule has 0 aliphatic carbocycles. The van der Waals surface area contributed by atoms with E-state index in [9.17, 15) is 0 Å². The molecule has 0 bridgehead atoms. The molecule has 3 rings (SSSR count). The first-order valence-corrected chi connectivity index (χ1v) is 8.38. The molecule has 1 heterocycles. The van der Waals surface area contributed by atoms with Crippen molar-refractivity contribution >= 4 is 11.8 Å². The summed E-state index contributed by atoms with van der Waals surface area (Å²) in [4.78, 5) is 0. The smallest absolute Gasteiger partial charge is 0.276 e. The van der Waals surface area contributed by atoms with Crippen molar-refractivity contribution in [3.05, 3.63) is 65.7 Å². The van der Waals surface area contributed by atoms with Crippen molar-refractivity contribution in [3.8, 4) is 11.5 Å². The molecule has 4 heteroatoms. The fourth-order valence-corrected chi connectivity index (χ4v) is 2.97. The molecule has 22 heavy (non-hydrogen) atoms. The second kappa shape index (κ2) is 7.27. The third-order valence-corrected chi connectivity index (χ3v) is 4.36. The zero-order valence-corrected chi connectivity index (χ0v) is 13.3. The van der Waals surface area contributed by atoms with E-state index in [2.05, 4.69) is 34.5 Å². The van der Waals surface area contributed by atoms with E-state index < -0.39 is 0 Å². The molecule has 0 radical (unpaired) electrons. The van der Waals surface area contributed by atoms with Gasteiger partial charge in [-0.25, -0.2) is 0 Å². The van der Waals surface area contributed by atoms with Crippen LogP contribution in [0.25, 0.3) is 11.5 Å². The Bertz CT molecular complexity index is 725. The van der Waals surface area contributed by atoms with E-state index in [1.165, 1.54) is 5.56 Å². The van der Waals surface area contributed by atoms with Crippen LogP contribution in [0.3, 0.4) is 0 Å². The SMILES string of the molecule is Cc1ccccc1-c1nnc(SCCCc2ccccc2)o1. The second-order valence-corrected chi connectivity index (χ2v) is 6.17. The molecule has 0 aliphatic heterocycles. The fraction of sp³-hybridized carbons (Fsp3) is 0.222. The predicted molar refractivity (Wildman–Crippen MR) is 90.0 cm³/mol. The van der Waals surface area contributed by atoms with E-state index in [1.54, 1.807) is 11.8 Å². The van der Waals surface area contributed by atoms with Gasteiger partial charge in [-0.3, -0.25) is 0 Å². The van der Waals surface area contributed by atoms with E-state index in [0.29, 0.717) is 11.1 Å². The van der Waals surface area contributed by atoms with Crippen LogP contribution in [-0.4, -0.2) is 16.0 Å². The molecule has 3 nitrogen and oxygen atoms in total. The third-order valence-electron chi connectivity index (χ3n) is 3.46. The number of aryl methyl sites for hydroxylation is 2. The van der Waals surface area contributed by atoms with Gasteiger partial charge in [0, 0.05) is 11.3 Å². The van der Waals surface area contributed by atoms with Gasteiger partial charge >= 0.3 is 0 Å². The quantitative estimate of drug-likeness (QED) is 0.485. The molecular weight excluding hydrogens is 292 g/mol. The van der Waals surface area contributed by atoms with E-state index in [0.717, 1.165) is 29.7 Å². The first-order valence-electron chi connectivity index (χ1n) is 7.39. The highest BCUT2D eigenvalue weighted by Gasteiger charge is 2.10. The van der Waals surface area contributed by atoms with Gasteiger partial charge in [-0.1, -0.05) is 60.3 Å². The van der Waals surface area contributed by atoms with Gasteiger partial charge in [0.05, 0.1) is 0 Å². The summed E-state index contributed by atoms with van der Waals surface area (Å²) in [6.07, 6.45) is 2.17. The lowest BCUT2D eigenvalue weighted by molar-refractivity contribution is 0.465. The van der Waals surface area contributed by atoms with Crippen LogP contribution in [0.5, 0.6) is 0 Å². The molecule has 112 valence electrons. The minimum atomic E-state index is 0.601. The van der Waals surface area contributed by atoms with Crippen LogP contribution in [0.4, 0.5) is 0 Å². The predicted octanol–water partition coefficient (Wildman–Crippen LogP) is 4.77. The summed E-state index contributed by atoms with van der Waals surface area (Å²) in [7, 11) is 0. The van der Waals surface area contributed by atoms with E-state index in [1.807, 2.05) is 37.3 Å². The largest absolute Gasteiger partial charge is 0.411 e. The average Bonchev–Trinajstić information content (AvgIpc) is 3.02. The molecule has 0 spiro atoms. The van der Waals surface area contributed by atoms with Gasteiger partial charge in [0.1, 0.15) is 0 Å². The van der Waals surface area contributed by atoms with Crippen LogP contribution in [0.1, 0.15) is 17.5 Å². The Kier molecular flexibility index (Phi) is 4.91. The van der Waals surface area contributed by atoms with Crippen LogP contribution in [-0.2, 0) is 6.42 Å². The summed E-state index contributed by atoms with van der Waals surface area (Å²) in [5.41, 5.74) is 3.52. The van der Waals surface area contributed by atoms with Gasteiger partial charge in [0.15, 0.2) is 0 Å². The first-order chi connectivity index (χ1) is 10.8. The molecule has 0 aliphatic rings. The average molecular weight is 310 g/mol. The van der Waals surface area contributed by atoms with Crippen molar-refractivity contribution in [1.29, 1.82) is 0 Å². The number of hydrogen-bond donors (Lipinski definition) is 0. The van der Waals surface area contributed by atoms with E-state index in [4.69, 9.17) is 4.42 Å². The van der Waals surface area contributed by atoms with E-state index in [-0.39, 0.29) is 0 Å². The van der Waals surface area contributed by atoms with Crippen LogP contribution in [0.15, 0.2) is 64.2 Å². The lowest BCUT2D eigenvalue weighted by Gasteiger charge is -2.00. The summed E-state index contributed by atoms with van der Waals surface area (Å²) < 4.78 is 5.74. The molecular formula is C18H18N2OS. The summed E-state index contributed by atoms with van der Waals surface area (Å²) in [5.74, 6) is 1.58. The zero-order valence-electron chi connectivity index (χ0n) is 12.5. The lowest BCUT2D eigenvalue weighted by atomic mass is 10.1. The fourth-order valence-electron chi connectivity index (χ4n) is 2.27. The number of nitrogens with zero attached hydrogens (tertiary/aromatic N) is 2. The maximum atomic E-state index is 5.74. The highest BCUT2D eigenvalue weighted by atomic mass is 32.2. The van der Waals surface area contributed by atoms with Crippen molar-refractivity contribution < 1.29 is 4.42 Å². The van der Waals surface area contributed by atoms with Gasteiger partial charge in [0.25, 0.3) is 5.22 Å². The molecule has 0 atom stereocenters. The van der Waals surface area contributed by atoms with Gasteiger partial charge in [-0.15, -0.1) is 10.2 Å². The molecule has 0 saturated carbocycles. The summed E-state index contributed by atoms with van der Waals surface area (Å²) >= 11 is 1.62. The molecule has 1 aromatic heterocycles. The summed E-state index contributed by atoms with van der Waals surface area (Å²) in [6.45, 7) is 2.05. The summed E-state index contributed by atoms with van der Waals surface area (Å²) in [5, 5.41) is 8.92. The topological polar surface area (TPSA) is 38.9 Å². The number of rotatable bonds is 6. The Morgan fingerprint density at radius 2 is 1.73 bits per heavy atom. The number of thioether (sulfide) groups is 1. The van der Waals surface area contributed by atoms with Gasteiger partial charge < -0.3 is 4.42 Å². The second-order valence-electron chi connectivity index (χ2n) is 5.13. The maximum Gasteiger partial charge on any atom is 0.276 e. The van der Waals surface area contributed by atoms with Crippen LogP contribution < -0.4 is 0 Å². The van der Waals surface area contributed by atoms with Crippen molar-refractivity contribution in [1.82, 2.24) is 10.2 Å². The normalized spacial score (nSPS) is 10.8. The number of benzene rings is 2. The maximum absolute atomic E-state index is 5.74. The first kappa shape index (κ1) is 14.9. The van der Waals surface area contributed by atoms with Crippen LogP contribution in [0.2, 0.25) is 0 Å². The van der Waals surface area contributed by atoms with Crippen molar-refractivity contribution in [3.63, 3.8) is 0 Å². The van der Waals surface area contributed by atoms with Gasteiger partial charge in [-0.05, 0) is 37.0 Å². The van der Waals surface area contributed by atoms with Crippen molar-refractivity contribution in [2.45, 2.75) is 25.0 Å². The van der Waals surface area contributed by atoms with Crippen LogP contribution in [0, 0.1) is 6.92 Å². The van der Waals surface area contributed by atoms with Gasteiger partial charge in [0.2, 0.25) is 5.89 Å². The molecule has 3 aromatic rings. The Morgan fingerprint density at radius 1 is 0.955 bits per heavy atom. The monoisotopic (exact) mass is 310 g/mol. The third kappa shape index (κ3) is 3.77. The number of hydrogen-bond acceptors (Lipinski definition) is 4. The molecule has 0 amide bonds. The highest BCUT2D eigenvalue weighted by Crippen LogP contribution is 2.25. The minimum Gasteiger partial charge on any atom is -0.411 e. The Balaban J connectivity index is 1.53. The van der Waals surface area contributed by atoms with Crippen molar-refractivity contribution in [2.75, 3.05) is 5.75 Å². The van der Waals surface area contributed by atoms with Gasteiger partial charge in [-0.2, -0.15) is 0 Å². The molecule has 0 N–H and O–H groups in total. The minimum absolute atomic E-state index is 0.601. The highest BCUT2D eigenvalue weighted by molar-refractivity contribution is 7.99. The summed E-state index contributed by atoms with van der Waals surface area (Å²) in [6, 6.07) is 18.6. The molecule has 2 aromatic carbocycles. The Labute approximate surface area is 134 Å². The Morgan fingerprint density at radius 3 is 2.55 bits per heavy atom. The molecule has 0 saturated heterocycles. The zero-order chi connectivity index (χ0) is 15.2. The standard InChI is InChI=1S/C18H18N2OS/c1-14-8-5-6-12-16(14)17-19-20-18(21-17)22-13-7-11-15-9-3-2-4-10-15/h2-6,8-10,12H,7,11,13H2,1H3. The van der Waals surface area contributed by atoms with Crippen molar-refractivity contribution in [2.24, 2.45) is 0 Å². The molecule has 0 unspecified atom stereocenters. The number of aromatic nitrogens is 2. The van der Waals surface area contributed by atoms with E-state index >= 15 is 0 Å². The lowest BCUT2D eigenvalue weighted by Crippen LogP contribution is -1.87. The Hall–Kier alpha value is -2.07. The van der Waals surface area contributed by atoms with Crippen LogP contribution >= 0.6 is 11.8 Å².